The number of halogens is 1. The highest BCUT2D eigenvalue weighted by molar-refractivity contribution is 6.29. The van der Waals surface area contributed by atoms with Crippen LogP contribution < -0.4 is 9.57 Å². The predicted molar refractivity (Wildman–Crippen MR) is 75.4 cm³/mol. The van der Waals surface area contributed by atoms with Crippen LogP contribution in [0.3, 0.4) is 0 Å². The summed E-state index contributed by atoms with van der Waals surface area (Å²) in [6.07, 6.45) is 6.43. The van der Waals surface area contributed by atoms with E-state index in [9.17, 15) is 0 Å². The van der Waals surface area contributed by atoms with Gasteiger partial charge in [0.2, 0.25) is 10.8 Å². The minimum atomic E-state index is -0.0625. The first-order valence-electron chi connectivity index (χ1n) is 6.91. The molecule has 1 saturated heterocycles. The van der Waals surface area contributed by atoms with Gasteiger partial charge in [0.1, 0.15) is 13.3 Å². The Morgan fingerprint density at radius 3 is 2.90 bits per heavy atom. The maximum Gasteiger partial charge on any atom is 0.321 e. The SMILES string of the molecule is CC.CO[n+]1cc(Cl)nc2c1cnn2C1CCCCO1. The zero-order valence-corrected chi connectivity index (χ0v) is 12.8. The Morgan fingerprint density at radius 2 is 2.25 bits per heavy atom. The standard InChI is InChI=1S/C11H14ClN4O2.C2H6/c1-17-15-7-9(12)14-11-8(15)6-13-16(11)10-4-2-3-5-18-10;1-2/h6-7,10H,2-5H2,1H3;1-2H3/q+1;. The molecule has 3 rings (SSSR count). The van der Waals surface area contributed by atoms with Gasteiger partial charge < -0.3 is 4.74 Å². The van der Waals surface area contributed by atoms with Crippen LogP contribution in [0.5, 0.6) is 0 Å². The zero-order chi connectivity index (χ0) is 14.5. The number of ether oxygens (including phenoxy) is 1. The smallest absolute Gasteiger partial charge is 0.321 e. The highest BCUT2D eigenvalue weighted by atomic mass is 35.5. The van der Waals surface area contributed by atoms with E-state index in [1.165, 1.54) is 0 Å². The molecule has 0 bridgehead atoms. The maximum atomic E-state index is 5.98. The Hall–Kier alpha value is -1.40. The summed E-state index contributed by atoms with van der Waals surface area (Å²) in [6, 6.07) is 0. The van der Waals surface area contributed by atoms with Crippen molar-refractivity contribution in [2.45, 2.75) is 39.3 Å². The molecule has 20 heavy (non-hydrogen) atoms. The van der Waals surface area contributed by atoms with Gasteiger partial charge in [-0.1, -0.05) is 25.4 Å². The third-order valence-corrected chi connectivity index (χ3v) is 3.23. The van der Waals surface area contributed by atoms with Crippen LogP contribution in [0.4, 0.5) is 0 Å². The van der Waals surface area contributed by atoms with E-state index in [0.717, 1.165) is 31.4 Å². The molecule has 0 radical (unpaired) electrons. The van der Waals surface area contributed by atoms with Crippen LogP contribution >= 0.6 is 11.6 Å². The number of nitrogens with zero attached hydrogens (tertiary/aromatic N) is 4. The quantitative estimate of drug-likeness (QED) is 0.798. The molecule has 7 heteroatoms. The van der Waals surface area contributed by atoms with Gasteiger partial charge in [-0.15, -0.1) is 0 Å². The van der Waals surface area contributed by atoms with Crippen molar-refractivity contribution in [1.29, 1.82) is 0 Å². The summed E-state index contributed by atoms with van der Waals surface area (Å²) in [5.41, 5.74) is 1.45. The first kappa shape index (κ1) is 15.0. The lowest BCUT2D eigenvalue weighted by Crippen LogP contribution is -2.41. The first-order valence-corrected chi connectivity index (χ1v) is 7.29. The van der Waals surface area contributed by atoms with Gasteiger partial charge in [0.15, 0.2) is 6.23 Å². The molecule has 2 aromatic heterocycles. The molecular formula is C13H20ClN4O2+. The Kier molecular flexibility index (Phi) is 5.14. The molecule has 0 N–H and O–H groups in total. The van der Waals surface area contributed by atoms with Crippen LogP contribution in [0.25, 0.3) is 11.2 Å². The summed E-state index contributed by atoms with van der Waals surface area (Å²) in [7, 11) is 1.57. The normalized spacial score (nSPS) is 18.5. The molecule has 110 valence electrons. The van der Waals surface area contributed by atoms with E-state index in [2.05, 4.69) is 10.1 Å². The van der Waals surface area contributed by atoms with Crippen molar-refractivity contribution >= 4 is 22.8 Å². The molecule has 1 atom stereocenters. The van der Waals surface area contributed by atoms with Crippen molar-refractivity contribution in [2.24, 2.45) is 0 Å². The number of hydrogen-bond donors (Lipinski definition) is 0. The zero-order valence-electron chi connectivity index (χ0n) is 12.0. The largest absolute Gasteiger partial charge is 0.356 e. The van der Waals surface area contributed by atoms with E-state index in [1.54, 1.807) is 28.9 Å². The maximum absolute atomic E-state index is 5.98. The minimum absolute atomic E-state index is 0.0625. The molecular weight excluding hydrogens is 280 g/mol. The van der Waals surface area contributed by atoms with Crippen molar-refractivity contribution in [1.82, 2.24) is 14.8 Å². The molecule has 0 amide bonds. The average molecular weight is 300 g/mol. The molecule has 1 fully saturated rings. The summed E-state index contributed by atoms with van der Waals surface area (Å²) in [6.45, 7) is 4.76. The van der Waals surface area contributed by atoms with Gasteiger partial charge in [0.25, 0.3) is 6.20 Å². The van der Waals surface area contributed by atoms with Crippen molar-refractivity contribution in [3.05, 3.63) is 17.5 Å². The van der Waals surface area contributed by atoms with Crippen molar-refractivity contribution in [2.75, 3.05) is 13.7 Å². The minimum Gasteiger partial charge on any atom is -0.356 e. The summed E-state index contributed by atoms with van der Waals surface area (Å²) in [5, 5.41) is 4.70. The molecule has 2 aromatic rings. The fourth-order valence-corrected chi connectivity index (χ4v) is 2.35. The van der Waals surface area contributed by atoms with Crippen LogP contribution in [0, 0.1) is 0 Å². The molecule has 0 spiro atoms. The summed E-state index contributed by atoms with van der Waals surface area (Å²) in [4.78, 5) is 9.51. The van der Waals surface area contributed by atoms with Crippen molar-refractivity contribution in [3.63, 3.8) is 0 Å². The fourth-order valence-electron chi connectivity index (χ4n) is 2.19. The van der Waals surface area contributed by atoms with Gasteiger partial charge in [-0.2, -0.15) is 5.10 Å². The Labute approximate surface area is 123 Å². The molecule has 0 aromatic carbocycles. The van der Waals surface area contributed by atoms with Crippen LogP contribution in [0.1, 0.15) is 39.3 Å². The Morgan fingerprint density at radius 1 is 1.45 bits per heavy atom. The van der Waals surface area contributed by atoms with Crippen LogP contribution in [0.2, 0.25) is 5.15 Å². The van der Waals surface area contributed by atoms with Gasteiger partial charge in [-0.25, -0.2) is 9.67 Å². The summed E-state index contributed by atoms with van der Waals surface area (Å²) in [5.74, 6) is 0. The molecule has 1 aliphatic heterocycles. The molecule has 0 saturated carbocycles. The van der Waals surface area contributed by atoms with Crippen LogP contribution in [-0.4, -0.2) is 28.5 Å². The van der Waals surface area contributed by atoms with E-state index in [1.807, 2.05) is 13.8 Å². The highest BCUT2D eigenvalue weighted by Gasteiger charge is 2.24. The van der Waals surface area contributed by atoms with Crippen LogP contribution in [-0.2, 0) is 4.74 Å². The van der Waals surface area contributed by atoms with E-state index < -0.39 is 0 Å². The first-order chi connectivity index (χ1) is 9.79. The second kappa shape index (κ2) is 6.85. The fraction of sp³-hybridized carbons (Fsp3) is 0.615. The van der Waals surface area contributed by atoms with Crippen LogP contribution in [0.15, 0.2) is 12.4 Å². The third kappa shape index (κ3) is 2.86. The van der Waals surface area contributed by atoms with Gasteiger partial charge in [-0.3, -0.25) is 4.84 Å². The molecule has 3 heterocycles. The van der Waals surface area contributed by atoms with E-state index in [0.29, 0.717) is 10.8 Å². The van der Waals surface area contributed by atoms with Gasteiger partial charge in [0.05, 0.1) is 0 Å². The van der Waals surface area contributed by atoms with E-state index in [-0.39, 0.29) is 6.23 Å². The van der Waals surface area contributed by atoms with Crippen molar-refractivity contribution < 1.29 is 14.3 Å². The Bertz CT molecular complexity index is 567. The van der Waals surface area contributed by atoms with Gasteiger partial charge >= 0.3 is 5.52 Å². The lowest BCUT2D eigenvalue weighted by Gasteiger charge is -2.22. The molecule has 0 aliphatic carbocycles. The molecule has 1 aliphatic rings. The second-order valence-corrected chi connectivity index (χ2v) is 4.58. The van der Waals surface area contributed by atoms with E-state index in [4.69, 9.17) is 21.2 Å². The summed E-state index contributed by atoms with van der Waals surface area (Å²) < 4.78 is 9.04. The average Bonchev–Trinajstić information content (AvgIpc) is 2.93. The predicted octanol–water partition coefficient (Wildman–Crippen LogP) is 2.16. The number of rotatable bonds is 2. The monoisotopic (exact) mass is 299 g/mol. The second-order valence-electron chi connectivity index (χ2n) is 4.19. The number of fused-ring (bicyclic) bond motifs is 1. The lowest BCUT2D eigenvalue weighted by atomic mass is 10.2. The topological polar surface area (TPSA) is 53.0 Å². The van der Waals surface area contributed by atoms with E-state index >= 15 is 0 Å². The molecule has 6 nitrogen and oxygen atoms in total. The van der Waals surface area contributed by atoms with Gasteiger partial charge in [-0.05, 0) is 19.3 Å². The summed E-state index contributed by atoms with van der Waals surface area (Å²) >= 11 is 5.98. The lowest BCUT2D eigenvalue weighted by molar-refractivity contribution is -0.865. The highest BCUT2D eigenvalue weighted by Crippen LogP contribution is 2.24. The number of aromatic nitrogens is 4. The van der Waals surface area contributed by atoms with Crippen molar-refractivity contribution in [3.8, 4) is 0 Å². The third-order valence-electron chi connectivity index (χ3n) is 3.05. The van der Waals surface area contributed by atoms with Gasteiger partial charge in [0, 0.05) is 11.3 Å². The number of hydrogen-bond acceptors (Lipinski definition) is 4. The molecule has 1 unspecified atom stereocenters. The Balaban J connectivity index is 0.000000704.